The van der Waals surface area contributed by atoms with E-state index in [0.29, 0.717) is 39.3 Å². The molecule has 0 saturated carbocycles. The molecule has 0 radical (unpaired) electrons. The molecule has 1 fully saturated rings. The van der Waals surface area contributed by atoms with Crippen LogP contribution in [-0.4, -0.2) is 68.0 Å². The van der Waals surface area contributed by atoms with Crippen molar-refractivity contribution < 1.29 is 33.7 Å². The quantitative estimate of drug-likeness (QED) is 0.265. The molecule has 188 valence electrons. The van der Waals surface area contributed by atoms with Crippen molar-refractivity contribution in [1.29, 1.82) is 0 Å². The van der Waals surface area contributed by atoms with Gasteiger partial charge in [0.1, 0.15) is 29.4 Å². The largest absolute Gasteiger partial charge is 0.507 e. The van der Waals surface area contributed by atoms with Gasteiger partial charge in [-0.2, -0.15) is 0 Å². The third-order valence-corrected chi connectivity index (χ3v) is 7.08. The van der Waals surface area contributed by atoms with Gasteiger partial charge in [0.05, 0.1) is 26.7 Å². The second-order valence-corrected chi connectivity index (χ2v) is 9.60. The number of likely N-dealkylation sites (tertiary alicyclic amines) is 1. The van der Waals surface area contributed by atoms with Gasteiger partial charge in [0.2, 0.25) is 0 Å². The Balaban J connectivity index is 2.02. The summed E-state index contributed by atoms with van der Waals surface area (Å²) >= 11 is 9.25. The van der Waals surface area contributed by atoms with E-state index in [-0.39, 0.29) is 35.6 Å². The van der Waals surface area contributed by atoms with Crippen molar-refractivity contribution in [3.63, 3.8) is 0 Å². The van der Waals surface area contributed by atoms with Crippen LogP contribution in [0.15, 0.2) is 28.7 Å². The van der Waals surface area contributed by atoms with Gasteiger partial charge in [0, 0.05) is 39.5 Å². The number of carbonyl (C=O) groups excluding carboxylic acids is 3. The van der Waals surface area contributed by atoms with E-state index in [2.05, 4.69) is 15.9 Å². The molecule has 0 spiro atoms. The second kappa shape index (κ2) is 11.4. The zero-order chi connectivity index (χ0) is 25.9. The van der Waals surface area contributed by atoms with E-state index in [1.165, 1.54) is 33.3 Å². The molecule has 1 heterocycles. The fourth-order valence-electron chi connectivity index (χ4n) is 4.43. The Kier molecular flexibility index (Phi) is 8.79. The maximum atomic E-state index is 13.3. The van der Waals surface area contributed by atoms with Crippen LogP contribution in [-0.2, 0) is 9.53 Å². The van der Waals surface area contributed by atoms with E-state index in [9.17, 15) is 19.5 Å². The Morgan fingerprint density at radius 3 is 2.43 bits per heavy atom. The average Bonchev–Trinajstić information content (AvgIpc) is 3.16. The lowest BCUT2D eigenvalue weighted by Crippen LogP contribution is -2.34. The van der Waals surface area contributed by atoms with Gasteiger partial charge in [-0.3, -0.25) is 19.3 Å². The molecule has 0 amide bonds. The minimum atomic E-state index is -0.599. The number of likely N-dealkylation sites (N-methyl/N-ethyl adjacent to an activating group) is 1. The van der Waals surface area contributed by atoms with Crippen LogP contribution < -0.4 is 9.47 Å². The fraction of sp³-hybridized carbons (Fsp3) is 0.400. The lowest BCUT2D eigenvalue weighted by Gasteiger charge is -2.27. The summed E-state index contributed by atoms with van der Waals surface area (Å²) in [5.74, 6) is -1.59. The van der Waals surface area contributed by atoms with Crippen LogP contribution in [0, 0.1) is 0 Å². The number of rotatable bonds is 9. The van der Waals surface area contributed by atoms with Crippen LogP contribution >= 0.6 is 27.5 Å². The number of carbonyl (C=O) groups is 3. The van der Waals surface area contributed by atoms with Crippen molar-refractivity contribution >= 4 is 45.1 Å². The van der Waals surface area contributed by atoms with Crippen molar-refractivity contribution in [3.05, 3.63) is 50.5 Å². The maximum Gasteiger partial charge on any atom is 0.302 e. The maximum absolute atomic E-state index is 13.3. The number of phenolic OH excluding ortho intramolecular Hbond substituents is 1. The minimum absolute atomic E-state index is 0.0949. The molecule has 1 aliphatic rings. The second-order valence-electron chi connectivity index (χ2n) is 8.31. The van der Waals surface area contributed by atoms with Crippen LogP contribution in [0.2, 0.25) is 5.02 Å². The normalized spacial score (nSPS) is 17.8. The summed E-state index contributed by atoms with van der Waals surface area (Å²) in [5.41, 5.74) is 0.620. The van der Waals surface area contributed by atoms with Crippen molar-refractivity contribution in [2.24, 2.45) is 0 Å². The third kappa shape index (κ3) is 5.79. The molecule has 2 atom stereocenters. The molecule has 2 aromatic carbocycles. The number of Topliss-reactive ketones (excluding diaryl/α,β-unsaturated/α-hetero) is 2. The van der Waals surface area contributed by atoms with Crippen LogP contribution in [0.5, 0.6) is 17.2 Å². The molecule has 10 heteroatoms. The van der Waals surface area contributed by atoms with Gasteiger partial charge in [0.15, 0.2) is 11.6 Å². The highest BCUT2D eigenvalue weighted by molar-refractivity contribution is 9.10. The highest BCUT2D eigenvalue weighted by atomic mass is 79.9. The van der Waals surface area contributed by atoms with Gasteiger partial charge in [-0.1, -0.05) is 11.6 Å². The summed E-state index contributed by atoms with van der Waals surface area (Å²) in [6.07, 6.45) is 0.153. The van der Waals surface area contributed by atoms with Crippen molar-refractivity contribution in [2.45, 2.75) is 31.7 Å². The Morgan fingerprint density at radius 2 is 1.83 bits per heavy atom. The van der Waals surface area contributed by atoms with Crippen LogP contribution in [0.4, 0.5) is 0 Å². The number of hydrogen-bond acceptors (Lipinski definition) is 8. The van der Waals surface area contributed by atoms with E-state index < -0.39 is 24.0 Å². The molecular formula is C25H27BrClNO7. The zero-order valence-corrected chi connectivity index (χ0v) is 22.2. The van der Waals surface area contributed by atoms with Crippen molar-refractivity contribution in [2.75, 3.05) is 34.4 Å². The summed E-state index contributed by atoms with van der Waals surface area (Å²) in [5, 5.41) is 11.8. The number of ketones is 2. The van der Waals surface area contributed by atoms with Gasteiger partial charge in [-0.15, -0.1) is 0 Å². The number of nitrogens with zero attached hydrogens (tertiary/aromatic N) is 1. The van der Waals surface area contributed by atoms with E-state index in [1.807, 2.05) is 11.9 Å². The first-order valence-corrected chi connectivity index (χ1v) is 12.1. The lowest BCUT2D eigenvalue weighted by molar-refractivity contribution is -0.142. The Bertz CT molecular complexity index is 1150. The molecule has 1 saturated heterocycles. The molecule has 2 unspecified atom stereocenters. The summed E-state index contributed by atoms with van der Waals surface area (Å²) in [6, 6.07) is 5.97. The van der Waals surface area contributed by atoms with Crippen LogP contribution in [0.3, 0.4) is 0 Å². The number of aromatic hydroxyl groups is 1. The zero-order valence-electron chi connectivity index (χ0n) is 19.9. The molecule has 0 aliphatic carbocycles. The molecular weight excluding hydrogens is 542 g/mol. The predicted molar refractivity (Wildman–Crippen MR) is 134 cm³/mol. The Labute approximate surface area is 217 Å². The van der Waals surface area contributed by atoms with Crippen LogP contribution in [0.25, 0.3) is 0 Å². The first-order chi connectivity index (χ1) is 16.6. The van der Waals surface area contributed by atoms with Crippen LogP contribution in [0.1, 0.15) is 52.0 Å². The number of methoxy groups -OCH3 is 2. The predicted octanol–water partition coefficient (Wildman–Crippen LogP) is 4.63. The molecule has 0 bridgehead atoms. The molecule has 1 N–H and O–H groups in total. The van der Waals surface area contributed by atoms with Gasteiger partial charge in [-0.05, 0) is 54.1 Å². The van der Waals surface area contributed by atoms with Crippen molar-refractivity contribution in [1.82, 2.24) is 4.90 Å². The minimum Gasteiger partial charge on any atom is -0.507 e. The SMILES string of the molecule is COc1cc(OC)c(C2CCN(C)C2COC(C)=O)c(O)c1C(=O)CC(=O)c1ccc(Cl)cc1Br. The number of benzene rings is 2. The van der Waals surface area contributed by atoms with Gasteiger partial charge in [-0.25, -0.2) is 0 Å². The molecule has 8 nitrogen and oxygen atoms in total. The van der Waals surface area contributed by atoms with E-state index >= 15 is 0 Å². The number of ether oxygens (including phenoxy) is 3. The third-order valence-electron chi connectivity index (χ3n) is 6.19. The number of phenols is 1. The highest BCUT2D eigenvalue weighted by Crippen LogP contribution is 2.47. The molecule has 2 aromatic rings. The van der Waals surface area contributed by atoms with E-state index in [0.717, 1.165) is 0 Å². The molecule has 0 aromatic heterocycles. The number of halogens is 2. The van der Waals surface area contributed by atoms with E-state index in [4.69, 9.17) is 25.8 Å². The lowest BCUT2D eigenvalue weighted by atomic mass is 9.87. The smallest absolute Gasteiger partial charge is 0.302 e. The standard InChI is InChI=1S/C25H27BrClNO7/c1-13(29)35-12-18-16(7-8-28(18)2)23-21(33-3)11-22(34-4)24(25(23)32)20(31)10-19(30)15-6-5-14(27)9-17(15)26/h5-6,9,11,16,18,32H,7-8,10,12H2,1-4H3. The number of esters is 1. The van der Waals surface area contributed by atoms with Crippen molar-refractivity contribution in [3.8, 4) is 17.2 Å². The van der Waals surface area contributed by atoms with Gasteiger partial charge in [0.25, 0.3) is 0 Å². The Morgan fingerprint density at radius 1 is 1.14 bits per heavy atom. The summed E-state index contributed by atoms with van der Waals surface area (Å²) < 4.78 is 16.6. The monoisotopic (exact) mass is 567 g/mol. The number of hydrogen-bond donors (Lipinski definition) is 1. The fourth-order valence-corrected chi connectivity index (χ4v) is 5.33. The summed E-state index contributed by atoms with van der Waals surface area (Å²) in [6.45, 7) is 2.15. The first kappa shape index (κ1) is 27.0. The summed E-state index contributed by atoms with van der Waals surface area (Å²) in [4.78, 5) is 39.6. The summed E-state index contributed by atoms with van der Waals surface area (Å²) in [7, 11) is 4.73. The Hall–Kier alpha value is -2.62. The molecule has 1 aliphatic heterocycles. The molecule has 35 heavy (non-hydrogen) atoms. The van der Waals surface area contributed by atoms with E-state index in [1.54, 1.807) is 12.1 Å². The van der Waals surface area contributed by atoms with Gasteiger partial charge < -0.3 is 19.3 Å². The highest BCUT2D eigenvalue weighted by Gasteiger charge is 2.39. The topological polar surface area (TPSA) is 102 Å². The van der Waals surface area contributed by atoms with Gasteiger partial charge >= 0.3 is 5.97 Å². The first-order valence-electron chi connectivity index (χ1n) is 10.9. The molecule has 3 rings (SSSR count). The average molecular weight is 569 g/mol.